The maximum Gasteiger partial charge on any atom is 0.311 e. The summed E-state index contributed by atoms with van der Waals surface area (Å²) in [6.07, 6.45) is 4.46. The first-order valence-corrected chi connectivity index (χ1v) is 9.71. The lowest BCUT2D eigenvalue weighted by molar-refractivity contribution is -0.152. The number of hydrogen-bond donors (Lipinski definition) is 1. The molecule has 1 saturated heterocycles. The van der Waals surface area contributed by atoms with Crippen LogP contribution in [0.4, 0.5) is 0 Å². The van der Waals surface area contributed by atoms with Crippen LogP contribution >= 0.6 is 0 Å². The van der Waals surface area contributed by atoms with Gasteiger partial charge in [-0.1, -0.05) is 18.9 Å². The number of esters is 1. The first kappa shape index (κ1) is 18.6. The van der Waals surface area contributed by atoms with Crippen molar-refractivity contribution in [1.82, 2.24) is 10.2 Å². The zero-order valence-electron chi connectivity index (χ0n) is 15.6. The zero-order chi connectivity index (χ0) is 19.5. The lowest BCUT2D eigenvalue weighted by Crippen LogP contribution is -2.35. The molecule has 1 aromatic rings. The lowest BCUT2D eigenvalue weighted by Gasteiger charge is -2.23. The predicted molar refractivity (Wildman–Crippen MR) is 97.4 cm³/mol. The van der Waals surface area contributed by atoms with Crippen molar-refractivity contribution in [1.29, 1.82) is 0 Å². The van der Waals surface area contributed by atoms with E-state index in [0.29, 0.717) is 24.6 Å². The summed E-state index contributed by atoms with van der Waals surface area (Å²) in [6.45, 7) is 0.548. The Kier molecular flexibility index (Phi) is 5.36. The van der Waals surface area contributed by atoms with E-state index in [4.69, 9.17) is 14.2 Å². The van der Waals surface area contributed by atoms with Crippen LogP contribution < -0.4 is 14.8 Å². The Balaban J connectivity index is 1.20. The van der Waals surface area contributed by atoms with Gasteiger partial charge >= 0.3 is 5.97 Å². The lowest BCUT2D eigenvalue weighted by atomic mass is 10.1. The molecule has 0 radical (unpaired) electrons. The number of rotatable bonds is 6. The molecule has 3 aliphatic rings. The molecule has 8 heteroatoms. The molecule has 2 aliphatic heterocycles. The number of hydrogen-bond acceptors (Lipinski definition) is 6. The fourth-order valence-electron chi connectivity index (χ4n) is 4.02. The molecule has 0 aromatic heterocycles. The molecule has 28 heavy (non-hydrogen) atoms. The van der Waals surface area contributed by atoms with Crippen LogP contribution in [0.3, 0.4) is 0 Å². The van der Waals surface area contributed by atoms with Gasteiger partial charge in [0.05, 0.1) is 5.92 Å². The van der Waals surface area contributed by atoms with Crippen LogP contribution in [0.2, 0.25) is 0 Å². The van der Waals surface area contributed by atoms with Gasteiger partial charge in [-0.3, -0.25) is 14.4 Å². The normalized spacial score (nSPS) is 21.2. The van der Waals surface area contributed by atoms with E-state index in [1.165, 1.54) is 0 Å². The summed E-state index contributed by atoms with van der Waals surface area (Å²) in [4.78, 5) is 38.2. The molecule has 1 aromatic carbocycles. The number of likely N-dealkylation sites (tertiary alicyclic amines) is 1. The minimum atomic E-state index is -0.480. The molecule has 1 saturated carbocycles. The van der Waals surface area contributed by atoms with Gasteiger partial charge in [0, 0.05) is 25.6 Å². The van der Waals surface area contributed by atoms with Crippen LogP contribution in [0.1, 0.15) is 37.7 Å². The van der Waals surface area contributed by atoms with Crippen molar-refractivity contribution >= 4 is 17.8 Å². The Morgan fingerprint density at radius 3 is 2.79 bits per heavy atom. The summed E-state index contributed by atoms with van der Waals surface area (Å²) in [5.74, 6) is 0.00333. The van der Waals surface area contributed by atoms with Crippen molar-refractivity contribution in [3.63, 3.8) is 0 Å². The standard InChI is InChI=1S/C20H24N2O6/c23-18(21-9-13-5-6-16-17(7-13)28-12-27-16)11-26-20(25)14-8-19(24)22(10-14)15-3-1-2-4-15/h5-7,14-15H,1-4,8-12H2,(H,21,23)/t14-/m0/s1. The quantitative estimate of drug-likeness (QED) is 0.740. The first-order chi connectivity index (χ1) is 13.6. The van der Waals surface area contributed by atoms with Crippen molar-refractivity contribution in [3.05, 3.63) is 23.8 Å². The molecular weight excluding hydrogens is 364 g/mol. The van der Waals surface area contributed by atoms with E-state index in [0.717, 1.165) is 31.2 Å². The Labute approximate surface area is 163 Å². The van der Waals surface area contributed by atoms with Crippen molar-refractivity contribution in [3.8, 4) is 11.5 Å². The van der Waals surface area contributed by atoms with Crippen LogP contribution in [0.5, 0.6) is 11.5 Å². The van der Waals surface area contributed by atoms with Gasteiger partial charge in [-0.2, -0.15) is 0 Å². The molecule has 0 spiro atoms. The highest BCUT2D eigenvalue weighted by Crippen LogP contribution is 2.32. The molecule has 4 rings (SSSR count). The average Bonchev–Trinajstić information content (AvgIpc) is 3.44. The second-order valence-electron chi connectivity index (χ2n) is 7.46. The topological polar surface area (TPSA) is 94.2 Å². The molecule has 1 aliphatic carbocycles. The Bertz CT molecular complexity index is 774. The smallest absolute Gasteiger partial charge is 0.311 e. The van der Waals surface area contributed by atoms with Gasteiger partial charge < -0.3 is 24.4 Å². The third-order valence-corrected chi connectivity index (χ3v) is 5.53. The van der Waals surface area contributed by atoms with Gasteiger partial charge in [0.2, 0.25) is 12.7 Å². The summed E-state index contributed by atoms with van der Waals surface area (Å²) in [5.41, 5.74) is 0.859. The Morgan fingerprint density at radius 2 is 1.96 bits per heavy atom. The zero-order valence-corrected chi connectivity index (χ0v) is 15.6. The second-order valence-corrected chi connectivity index (χ2v) is 7.46. The van der Waals surface area contributed by atoms with Crippen molar-refractivity contribution in [2.24, 2.45) is 5.92 Å². The van der Waals surface area contributed by atoms with Crippen molar-refractivity contribution in [2.75, 3.05) is 19.9 Å². The van der Waals surface area contributed by atoms with E-state index >= 15 is 0 Å². The summed E-state index contributed by atoms with van der Waals surface area (Å²) < 4.78 is 15.7. The summed E-state index contributed by atoms with van der Waals surface area (Å²) >= 11 is 0. The number of amides is 2. The molecule has 1 N–H and O–H groups in total. The minimum Gasteiger partial charge on any atom is -0.455 e. The number of ether oxygens (including phenoxy) is 3. The second kappa shape index (κ2) is 8.08. The Morgan fingerprint density at radius 1 is 1.18 bits per heavy atom. The molecule has 0 unspecified atom stereocenters. The largest absolute Gasteiger partial charge is 0.455 e. The third kappa shape index (κ3) is 4.05. The summed E-state index contributed by atoms with van der Waals surface area (Å²) in [5, 5.41) is 2.71. The maximum atomic E-state index is 12.2. The number of carbonyl (C=O) groups excluding carboxylic acids is 3. The van der Waals surface area contributed by atoms with Gasteiger partial charge in [0.15, 0.2) is 18.1 Å². The van der Waals surface area contributed by atoms with Crippen LogP contribution in [-0.2, 0) is 25.7 Å². The average molecular weight is 388 g/mol. The van der Waals surface area contributed by atoms with Gasteiger partial charge in [-0.05, 0) is 30.5 Å². The van der Waals surface area contributed by atoms with Crippen molar-refractivity contribution in [2.45, 2.75) is 44.7 Å². The molecule has 2 heterocycles. The number of nitrogens with one attached hydrogen (secondary N) is 1. The van der Waals surface area contributed by atoms with Crippen molar-refractivity contribution < 1.29 is 28.6 Å². The molecular formula is C20H24N2O6. The monoisotopic (exact) mass is 388 g/mol. The molecule has 2 amide bonds. The van der Waals surface area contributed by atoms with E-state index in [2.05, 4.69) is 5.32 Å². The number of carbonyl (C=O) groups is 3. The van der Waals surface area contributed by atoms with Gasteiger partial charge in [-0.15, -0.1) is 0 Å². The minimum absolute atomic E-state index is 0.0149. The van der Waals surface area contributed by atoms with E-state index < -0.39 is 11.9 Å². The summed E-state index contributed by atoms with van der Waals surface area (Å²) in [6, 6.07) is 5.69. The highest BCUT2D eigenvalue weighted by Gasteiger charge is 2.39. The molecule has 2 fully saturated rings. The fourth-order valence-corrected chi connectivity index (χ4v) is 4.02. The Hall–Kier alpha value is -2.77. The van der Waals surface area contributed by atoms with E-state index in [1.807, 2.05) is 11.0 Å². The predicted octanol–water partition coefficient (Wildman–Crippen LogP) is 1.37. The summed E-state index contributed by atoms with van der Waals surface area (Å²) in [7, 11) is 0. The van der Waals surface area contributed by atoms with Gasteiger partial charge in [0.1, 0.15) is 0 Å². The molecule has 0 bridgehead atoms. The highest BCUT2D eigenvalue weighted by atomic mass is 16.7. The van der Waals surface area contributed by atoms with Crippen LogP contribution in [0, 0.1) is 5.92 Å². The highest BCUT2D eigenvalue weighted by molar-refractivity contribution is 5.88. The van der Waals surface area contributed by atoms with Crippen LogP contribution in [0.25, 0.3) is 0 Å². The number of fused-ring (bicyclic) bond motifs is 1. The molecule has 8 nitrogen and oxygen atoms in total. The molecule has 1 atom stereocenters. The maximum absolute atomic E-state index is 12.2. The van der Waals surface area contributed by atoms with E-state index in [-0.39, 0.29) is 37.7 Å². The van der Waals surface area contributed by atoms with Crippen LogP contribution in [-0.4, -0.2) is 48.7 Å². The third-order valence-electron chi connectivity index (χ3n) is 5.53. The van der Waals surface area contributed by atoms with Crippen LogP contribution in [0.15, 0.2) is 18.2 Å². The van der Waals surface area contributed by atoms with Gasteiger partial charge in [0.25, 0.3) is 5.91 Å². The number of nitrogens with zero attached hydrogens (tertiary/aromatic N) is 1. The van der Waals surface area contributed by atoms with Gasteiger partial charge in [-0.25, -0.2) is 0 Å². The van der Waals surface area contributed by atoms with E-state index in [1.54, 1.807) is 12.1 Å². The fraction of sp³-hybridized carbons (Fsp3) is 0.550. The first-order valence-electron chi connectivity index (χ1n) is 9.71. The SMILES string of the molecule is O=C(COC(=O)[C@H]1CC(=O)N(C2CCCC2)C1)NCc1ccc2c(c1)OCO2. The van der Waals surface area contributed by atoms with E-state index in [9.17, 15) is 14.4 Å². The number of benzene rings is 1. The molecule has 150 valence electrons.